The fourth-order valence-electron chi connectivity index (χ4n) is 2.72. The maximum Gasteiger partial charge on any atom is 0.255 e. The fourth-order valence-corrected chi connectivity index (χ4v) is 2.99. The van der Waals surface area contributed by atoms with Gasteiger partial charge in [-0.3, -0.25) is 4.79 Å². The third-order valence-electron chi connectivity index (χ3n) is 4.09. The normalized spacial score (nSPS) is 10.6. The van der Waals surface area contributed by atoms with E-state index < -0.39 is 0 Å². The number of amides is 1. The minimum atomic E-state index is -0.153. The number of carbonyl (C=O) groups is 1. The molecular weight excluding hydrogens is 404 g/mol. The zero-order valence-electron chi connectivity index (χ0n) is 14.2. The van der Waals surface area contributed by atoms with Crippen LogP contribution < -0.4 is 5.32 Å². The van der Waals surface area contributed by atoms with E-state index >= 15 is 0 Å². The highest BCUT2D eigenvalue weighted by molar-refractivity contribution is 9.10. The van der Waals surface area contributed by atoms with Gasteiger partial charge in [0.15, 0.2) is 0 Å². The average molecular weight is 419 g/mol. The van der Waals surface area contributed by atoms with Gasteiger partial charge < -0.3 is 5.32 Å². The quantitative estimate of drug-likeness (QED) is 0.509. The first-order valence-corrected chi connectivity index (χ1v) is 9.13. The minimum absolute atomic E-state index is 0.153. The molecule has 1 heterocycles. The summed E-state index contributed by atoms with van der Waals surface area (Å²) in [5.74, 6) is -0.153. The van der Waals surface area contributed by atoms with Crippen molar-refractivity contribution >= 4 is 27.5 Å². The molecule has 3 aromatic carbocycles. The second-order valence-electron chi connectivity index (χ2n) is 5.90. The summed E-state index contributed by atoms with van der Waals surface area (Å²) < 4.78 is 2.77. The number of nitrogens with zero attached hydrogens (tertiary/aromatic N) is 3. The van der Waals surface area contributed by atoms with E-state index in [2.05, 4.69) is 31.6 Å². The first-order chi connectivity index (χ1) is 13.2. The standard InChI is InChI=1S/C21H15BrN4O/c22-17-10-6-15(7-11-17)20-14-23-25-26(20)19-12-8-16(9-13-19)21(27)24-18-4-2-1-3-5-18/h1-14H,(H,24,27). The molecule has 6 heteroatoms. The maximum atomic E-state index is 12.4. The van der Waals surface area contributed by atoms with E-state index in [9.17, 15) is 4.79 Å². The summed E-state index contributed by atoms with van der Waals surface area (Å²) in [7, 11) is 0. The van der Waals surface area contributed by atoms with Crippen LogP contribution in [0.3, 0.4) is 0 Å². The van der Waals surface area contributed by atoms with Gasteiger partial charge in [0.25, 0.3) is 5.91 Å². The van der Waals surface area contributed by atoms with Crippen LogP contribution in [-0.2, 0) is 0 Å². The van der Waals surface area contributed by atoms with Crippen molar-refractivity contribution in [3.8, 4) is 16.9 Å². The maximum absolute atomic E-state index is 12.4. The van der Waals surface area contributed by atoms with E-state index in [1.165, 1.54) is 0 Å². The summed E-state index contributed by atoms with van der Waals surface area (Å²) in [6, 6.07) is 24.6. The molecule has 5 nitrogen and oxygen atoms in total. The molecule has 132 valence electrons. The van der Waals surface area contributed by atoms with Gasteiger partial charge in [0.2, 0.25) is 0 Å². The second kappa shape index (κ2) is 7.55. The van der Waals surface area contributed by atoms with Crippen LogP contribution in [0.2, 0.25) is 0 Å². The van der Waals surface area contributed by atoms with E-state index in [0.717, 1.165) is 27.1 Å². The van der Waals surface area contributed by atoms with Crippen molar-refractivity contribution in [2.45, 2.75) is 0 Å². The van der Waals surface area contributed by atoms with Crippen LogP contribution in [0.5, 0.6) is 0 Å². The Balaban J connectivity index is 1.57. The lowest BCUT2D eigenvalue weighted by molar-refractivity contribution is 0.102. The highest BCUT2D eigenvalue weighted by atomic mass is 79.9. The van der Waals surface area contributed by atoms with Crippen LogP contribution in [-0.4, -0.2) is 20.9 Å². The molecule has 4 rings (SSSR count). The van der Waals surface area contributed by atoms with E-state index in [-0.39, 0.29) is 5.91 Å². The van der Waals surface area contributed by atoms with Crippen LogP contribution in [0.25, 0.3) is 16.9 Å². The molecular formula is C21H15BrN4O. The van der Waals surface area contributed by atoms with Crippen LogP contribution in [0.1, 0.15) is 10.4 Å². The van der Waals surface area contributed by atoms with Crippen molar-refractivity contribution in [3.63, 3.8) is 0 Å². The van der Waals surface area contributed by atoms with Crippen molar-refractivity contribution in [1.82, 2.24) is 15.0 Å². The molecule has 4 aromatic rings. The molecule has 0 saturated carbocycles. The molecule has 1 aromatic heterocycles. The molecule has 0 unspecified atom stereocenters. The molecule has 0 atom stereocenters. The highest BCUT2D eigenvalue weighted by Crippen LogP contribution is 2.23. The molecule has 0 aliphatic heterocycles. The Morgan fingerprint density at radius 1 is 0.889 bits per heavy atom. The molecule has 0 bridgehead atoms. The Hall–Kier alpha value is -3.25. The number of hydrogen-bond donors (Lipinski definition) is 1. The summed E-state index contributed by atoms with van der Waals surface area (Å²) in [4.78, 5) is 12.4. The largest absolute Gasteiger partial charge is 0.322 e. The van der Waals surface area contributed by atoms with E-state index in [1.807, 2.05) is 66.7 Å². The molecule has 0 aliphatic rings. The lowest BCUT2D eigenvalue weighted by Gasteiger charge is -2.08. The minimum Gasteiger partial charge on any atom is -0.322 e. The van der Waals surface area contributed by atoms with Crippen LogP contribution in [0.15, 0.2) is 89.5 Å². The summed E-state index contributed by atoms with van der Waals surface area (Å²) in [6.07, 6.45) is 1.72. The monoisotopic (exact) mass is 418 g/mol. The van der Waals surface area contributed by atoms with Crippen LogP contribution in [0, 0.1) is 0 Å². The van der Waals surface area contributed by atoms with E-state index in [1.54, 1.807) is 23.0 Å². The molecule has 0 aliphatic carbocycles. The third kappa shape index (κ3) is 3.80. The van der Waals surface area contributed by atoms with Gasteiger partial charge in [-0.25, -0.2) is 4.68 Å². The zero-order valence-corrected chi connectivity index (χ0v) is 15.8. The Morgan fingerprint density at radius 3 is 2.30 bits per heavy atom. The lowest BCUT2D eigenvalue weighted by atomic mass is 10.1. The number of aromatic nitrogens is 3. The number of anilines is 1. The predicted molar refractivity (Wildman–Crippen MR) is 109 cm³/mol. The number of hydrogen-bond acceptors (Lipinski definition) is 3. The summed E-state index contributed by atoms with van der Waals surface area (Å²) in [5, 5.41) is 11.1. The van der Waals surface area contributed by atoms with E-state index in [0.29, 0.717) is 5.56 Å². The van der Waals surface area contributed by atoms with Crippen LogP contribution in [0.4, 0.5) is 5.69 Å². The first kappa shape index (κ1) is 17.2. The van der Waals surface area contributed by atoms with Crippen molar-refractivity contribution in [1.29, 1.82) is 0 Å². The van der Waals surface area contributed by atoms with Gasteiger partial charge >= 0.3 is 0 Å². The molecule has 1 amide bonds. The second-order valence-corrected chi connectivity index (χ2v) is 6.82. The highest BCUT2D eigenvalue weighted by Gasteiger charge is 2.11. The molecule has 0 saturated heterocycles. The van der Waals surface area contributed by atoms with Gasteiger partial charge in [0, 0.05) is 21.3 Å². The van der Waals surface area contributed by atoms with Crippen molar-refractivity contribution in [2.75, 3.05) is 5.32 Å². The van der Waals surface area contributed by atoms with Gasteiger partial charge in [-0.15, -0.1) is 5.10 Å². The molecule has 1 N–H and O–H groups in total. The number of carbonyl (C=O) groups excluding carboxylic acids is 1. The van der Waals surface area contributed by atoms with Gasteiger partial charge in [-0.1, -0.05) is 51.5 Å². The van der Waals surface area contributed by atoms with Gasteiger partial charge in [0.05, 0.1) is 17.6 Å². The topological polar surface area (TPSA) is 59.8 Å². The molecule has 27 heavy (non-hydrogen) atoms. The van der Waals surface area contributed by atoms with Crippen molar-refractivity contribution in [2.24, 2.45) is 0 Å². The lowest BCUT2D eigenvalue weighted by Crippen LogP contribution is -2.11. The smallest absolute Gasteiger partial charge is 0.255 e. The Bertz CT molecular complexity index is 1060. The number of nitrogens with one attached hydrogen (secondary N) is 1. The molecule has 0 spiro atoms. The Labute approximate surface area is 164 Å². The summed E-state index contributed by atoms with van der Waals surface area (Å²) >= 11 is 3.44. The molecule has 0 fully saturated rings. The third-order valence-corrected chi connectivity index (χ3v) is 4.62. The SMILES string of the molecule is O=C(Nc1ccccc1)c1ccc(-n2nncc2-c2ccc(Br)cc2)cc1. The van der Waals surface area contributed by atoms with Gasteiger partial charge in [0.1, 0.15) is 0 Å². The first-order valence-electron chi connectivity index (χ1n) is 8.34. The average Bonchev–Trinajstić information content (AvgIpc) is 3.19. The fraction of sp³-hybridized carbons (Fsp3) is 0. The number of benzene rings is 3. The molecule has 0 radical (unpaired) electrons. The van der Waals surface area contributed by atoms with Crippen LogP contribution >= 0.6 is 15.9 Å². The summed E-state index contributed by atoms with van der Waals surface area (Å²) in [5.41, 5.74) is 4.06. The zero-order chi connectivity index (χ0) is 18.6. The Morgan fingerprint density at radius 2 is 1.59 bits per heavy atom. The van der Waals surface area contributed by atoms with Gasteiger partial charge in [-0.05, 0) is 48.5 Å². The Kier molecular flexibility index (Phi) is 4.80. The number of para-hydroxylation sites is 1. The number of rotatable bonds is 4. The summed E-state index contributed by atoms with van der Waals surface area (Å²) in [6.45, 7) is 0. The predicted octanol–water partition coefficient (Wildman–Crippen LogP) is 4.95. The number of halogens is 1. The van der Waals surface area contributed by atoms with E-state index in [4.69, 9.17) is 0 Å². The van der Waals surface area contributed by atoms with Gasteiger partial charge in [-0.2, -0.15) is 0 Å². The van der Waals surface area contributed by atoms with Crippen molar-refractivity contribution in [3.05, 3.63) is 95.1 Å². The van der Waals surface area contributed by atoms with Crippen molar-refractivity contribution < 1.29 is 4.79 Å².